The molecule has 1 aromatic carbocycles. The predicted molar refractivity (Wildman–Crippen MR) is 113 cm³/mol. The molecule has 0 radical (unpaired) electrons. The maximum Gasteiger partial charge on any atom is 0.261 e. The number of rotatable bonds is 5. The van der Waals surface area contributed by atoms with Crippen molar-refractivity contribution in [2.45, 2.75) is 25.7 Å². The number of pyridine rings is 2. The molecule has 7 nitrogen and oxygen atoms in total. The van der Waals surface area contributed by atoms with Gasteiger partial charge in [0.2, 0.25) is 0 Å². The number of hydrogen-bond acceptors (Lipinski definition) is 7. The molecule has 29 heavy (non-hydrogen) atoms. The van der Waals surface area contributed by atoms with Crippen molar-refractivity contribution < 1.29 is 9.26 Å². The van der Waals surface area contributed by atoms with E-state index in [0.29, 0.717) is 17.5 Å². The van der Waals surface area contributed by atoms with Gasteiger partial charge in [-0.15, -0.1) is 12.4 Å². The number of anilines is 2. The molecule has 0 aliphatic heterocycles. The zero-order valence-corrected chi connectivity index (χ0v) is 16.9. The maximum absolute atomic E-state index is 5.57. The molecule has 0 unspecified atom stereocenters. The Labute approximate surface area is 173 Å². The second-order valence-electron chi connectivity index (χ2n) is 6.93. The fraction of sp³-hybridized carbons (Fsp3) is 0.238. The largest absolute Gasteiger partial charge is 0.495 e. The van der Waals surface area contributed by atoms with Crippen LogP contribution in [0.15, 0.2) is 47.1 Å². The second kappa shape index (κ2) is 7.67. The van der Waals surface area contributed by atoms with E-state index in [4.69, 9.17) is 9.26 Å². The number of nitrogens with zero attached hydrogens (tertiary/aromatic N) is 4. The zero-order valence-electron chi connectivity index (χ0n) is 16.0. The third kappa shape index (κ3) is 3.61. The van der Waals surface area contributed by atoms with Gasteiger partial charge in [-0.3, -0.25) is 0 Å². The van der Waals surface area contributed by atoms with Crippen molar-refractivity contribution in [1.82, 2.24) is 20.1 Å². The Morgan fingerprint density at radius 2 is 1.93 bits per heavy atom. The van der Waals surface area contributed by atoms with Crippen LogP contribution in [0.25, 0.3) is 22.5 Å². The molecule has 1 N–H and O–H groups in total. The summed E-state index contributed by atoms with van der Waals surface area (Å²) in [6.07, 6.45) is 3.96. The third-order valence-electron chi connectivity index (χ3n) is 4.85. The molecule has 0 atom stereocenters. The molecule has 1 fully saturated rings. The molecule has 148 valence electrons. The van der Waals surface area contributed by atoms with Gasteiger partial charge in [0.1, 0.15) is 5.75 Å². The van der Waals surface area contributed by atoms with Crippen LogP contribution < -0.4 is 10.1 Å². The highest BCUT2D eigenvalue weighted by molar-refractivity contribution is 5.98. The van der Waals surface area contributed by atoms with Crippen LogP contribution in [0.1, 0.15) is 30.3 Å². The number of aromatic nitrogens is 4. The highest BCUT2D eigenvalue weighted by atomic mass is 35.5. The van der Waals surface area contributed by atoms with E-state index in [1.165, 1.54) is 0 Å². The van der Waals surface area contributed by atoms with Gasteiger partial charge in [-0.25, -0.2) is 9.97 Å². The van der Waals surface area contributed by atoms with E-state index in [1.54, 1.807) is 13.3 Å². The summed E-state index contributed by atoms with van der Waals surface area (Å²) >= 11 is 0. The van der Waals surface area contributed by atoms with Crippen LogP contribution >= 0.6 is 12.4 Å². The Balaban J connectivity index is 0.00000205. The van der Waals surface area contributed by atoms with Crippen molar-refractivity contribution >= 4 is 34.8 Å². The van der Waals surface area contributed by atoms with Gasteiger partial charge in [-0.05, 0) is 44.0 Å². The fourth-order valence-corrected chi connectivity index (χ4v) is 3.20. The van der Waals surface area contributed by atoms with Crippen molar-refractivity contribution in [3.63, 3.8) is 0 Å². The number of nitrogens with one attached hydrogen (secondary N) is 1. The highest BCUT2D eigenvalue weighted by Crippen LogP contribution is 2.41. The number of para-hydroxylation sites is 2. The monoisotopic (exact) mass is 409 g/mol. The first kappa shape index (κ1) is 19.1. The van der Waals surface area contributed by atoms with Gasteiger partial charge in [0, 0.05) is 23.2 Å². The zero-order chi connectivity index (χ0) is 19.1. The summed E-state index contributed by atoms with van der Waals surface area (Å²) in [4.78, 5) is 13.7. The van der Waals surface area contributed by atoms with Gasteiger partial charge in [-0.1, -0.05) is 17.3 Å². The van der Waals surface area contributed by atoms with Crippen molar-refractivity contribution in [3.8, 4) is 17.2 Å². The van der Waals surface area contributed by atoms with Gasteiger partial charge in [0.05, 0.1) is 24.0 Å². The van der Waals surface area contributed by atoms with E-state index in [-0.39, 0.29) is 12.4 Å². The van der Waals surface area contributed by atoms with Gasteiger partial charge in [-0.2, -0.15) is 4.98 Å². The third-order valence-corrected chi connectivity index (χ3v) is 4.85. The van der Waals surface area contributed by atoms with E-state index < -0.39 is 0 Å². The van der Waals surface area contributed by atoms with Gasteiger partial charge < -0.3 is 14.6 Å². The average Bonchev–Trinajstić information content (AvgIpc) is 3.45. The molecule has 0 spiro atoms. The lowest BCUT2D eigenvalue weighted by Gasteiger charge is -2.15. The molecule has 0 saturated heterocycles. The number of methoxy groups -OCH3 is 1. The van der Waals surface area contributed by atoms with E-state index in [9.17, 15) is 0 Å². The number of hydrogen-bond donors (Lipinski definition) is 1. The number of halogens is 1. The highest BCUT2D eigenvalue weighted by Gasteiger charge is 2.29. The predicted octanol–water partition coefficient (Wildman–Crippen LogP) is 5.04. The fourth-order valence-electron chi connectivity index (χ4n) is 3.20. The normalized spacial score (nSPS) is 13.2. The smallest absolute Gasteiger partial charge is 0.261 e. The van der Waals surface area contributed by atoms with Crippen molar-refractivity contribution in [2.24, 2.45) is 0 Å². The second-order valence-corrected chi connectivity index (χ2v) is 6.93. The minimum atomic E-state index is 0. The molecular formula is C21H20ClN5O2. The molecule has 1 aliphatic rings. The quantitative estimate of drug-likeness (QED) is 0.494. The lowest BCUT2D eigenvalue weighted by atomic mass is 10.1. The summed E-state index contributed by atoms with van der Waals surface area (Å²) in [5.74, 6) is 2.37. The van der Waals surface area contributed by atoms with Crippen LogP contribution in [-0.4, -0.2) is 27.2 Å². The van der Waals surface area contributed by atoms with Crippen LogP contribution in [0.3, 0.4) is 0 Å². The lowest BCUT2D eigenvalue weighted by molar-refractivity contribution is 0.417. The van der Waals surface area contributed by atoms with E-state index in [0.717, 1.165) is 52.4 Å². The van der Waals surface area contributed by atoms with Crippen molar-refractivity contribution in [1.29, 1.82) is 0 Å². The van der Waals surface area contributed by atoms with Crippen LogP contribution in [-0.2, 0) is 0 Å². The molecular weight excluding hydrogens is 390 g/mol. The van der Waals surface area contributed by atoms with E-state index >= 15 is 0 Å². The number of aryl methyl sites for hydroxylation is 1. The first-order valence-electron chi connectivity index (χ1n) is 9.23. The molecule has 3 heterocycles. The van der Waals surface area contributed by atoms with Crippen LogP contribution in [0.2, 0.25) is 0 Å². The van der Waals surface area contributed by atoms with Crippen molar-refractivity contribution in [3.05, 3.63) is 54.1 Å². The summed E-state index contributed by atoms with van der Waals surface area (Å²) in [7, 11) is 1.65. The molecule has 0 amide bonds. The number of fused-ring (bicyclic) bond motifs is 1. The number of ether oxygens (including phenoxy) is 1. The molecule has 4 aromatic rings. The minimum Gasteiger partial charge on any atom is -0.495 e. The topological polar surface area (TPSA) is 86.0 Å². The Morgan fingerprint density at radius 1 is 1.10 bits per heavy atom. The molecule has 0 bridgehead atoms. The molecule has 1 saturated carbocycles. The Hall–Kier alpha value is -3.19. The summed E-state index contributed by atoms with van der Waals surface area (Å²) < 4.78 is 11.1. The van der Waals surface area contributed by atoms with Gasteiger partial charge in [0.15, 0.2) is 11.5 Å². The SMILES string of the molecule is COc1ccccc1Nc1c(-c2nc(C3CC3)no2)cnc2nc(C)ccc12.Cl. The summed E-state index contributed by atoms with van der Waals surface area (Å²) in [6.45, 7) is 1.95. The molecule has 3 aromatic heterocycles. The maximum atomic E-state index is 5.57. The van der Waals surface area contributed by atoms with E-state index in [2.05, 4.69) is 25.4 Å². The Kier molecular flexibility index (Phi) is 5.07. The summed E-state index contributed by atoms with van der Waals surface area (Å²) in [5.41, 5.74) is 3.95. The van der Waals surface area contributed by atoms with Crippen molar-refractivity contribution in [2.75, 3.05) is 12.4 Å². The van der Waals surface area contributed by atoms with Crippen LogP contribution in [0.4, 0.5) is 11.4 Å². The van der Waals surface area contributed by atoms with Gasteiger partial charge in [0.25, 0.3) is 5.89 Å². The first-order chi connectivity index (χ1) is 13.7. The standard InChI is InChI=1S/C21H19N5O2.ClH/c1-12-7-10-14-18(24-16-5-3-4-6-17(16)27-2)15(11-22-20(14)23-12)21-25-19(26-28-21)13-8-9-13;/h3-7,10-11,13H,8-9H2,1-2H3,(H,22,23,24);1H. The Morgan fingerprint density at radius 3 is 2.72 bits per heavy atom. The molecule has 1 aliphatic carbocycles. The Bertz CT molecular complexity index is 1170. The molecule has 8 heteroatoms. The van der Waals surface area contributed by atoms with Crippen LogP contribution in [0, 0.1) is 6.92 Å². The summed E-state index contributed by atoms with van der Waals surface area (Å²) in [6, 6.07) is 11.7. The average molecular weight is 410 g/mol. The minimum absolute atomic E-state index is 0. The van der Waals surface area contributed by atoms with Crippen LogP contribution in [0.5, 0.6) is 5.75 Å². The molecule has 5 rings (SSSR count). The first-order valence-corrected chi connectivity index (χ1v) is 9.23. The van der Waals surface area contributed by atoms with Gasteiger partial charge >= 0.3 is 0 Å². The van der Waals surface area contributed by atoms with E-state index in [1.807, 2.05) is 43.3 Å². The lowest BCUT2D eigenvalue weighted by Crippen LogP contribution is -2.00. The number of benzene rings is 1. The summed E-state index contributed by atoms with van der Waals surface area (Å²) in [5, 5.41) is 8.50.